The second-order valence-corrected chi connectivity index (χ2v) is 6.54. The molecule has 0 aliphatic heterocycles. The largest absolute Gasteiger partial charge is 0.360 e. The Morgan fingerprint density at radius 2 is 1.78 bits per heavy atom. The lowest BCUT2D eigenvalue weighted by molar-refractivity contribution is -0.383. The minimum Gasteiger partial charge on any atom is -0.360 e. The van der Waals surface area contributed by atoms with Gasteiger partial charge in [-0.05, 0) is 43.2 Å². The summed E-state index contributed by atoms with van der Waals surface area (Å²) in [5, 5.41) is 18.3. The van der Waals surface area contributed by atoms with Crippen molar-refractivity contribution in [3.63, 3.8) is 0 Å². The number of anilines is 3. The van der Waals surface area contributed by atoms with Gasteiger partial charge in [-0.25, -0.2) is 9.97 Å². The topological polar surface area (TPSA) is 93.0 Å². The molecule has 138 valence electrons. The van der Waals surface area contributed by atoms with Gasteiger partial charge in [-0.2, -0.15) is 0 Å². The molecule has 27 heavy (non-hydrogen) atoms. The van der Waals surface area contributed by atoms with E-state index in [1.165, 1.54) is 6.33 Å². The summed E-state index contributed by atoms with van der Waals surface area (Å²) in [7, 11) is 0. The van der Waals surface area contributed by atoms with Gasteiger partial charge in [0.2, 0.25) is 11.6 Å². The second-order valence-electron chi connectivity index (χ2n) is 6.10. The molecule has 0 aliphatic carbocycles. The Labute approximate surface area is 161 Å². The summed E-state index contributed by atoms with van der Waals surface area (Å²) in [6.45, 7) is 4.29. The van der Waals surface area contributed by atoms with Crippen molar-refractivity contribution in [3.05, 3.63) is 80.6 Å². The number of aryl methyl sites for hydroxylation is 2. The summed E-state index contributed by atoms with van der Waals surface area (Å²) in [6.07, 6.45) is 1.29. The summed E-state index contributed by atoms with van der Waals surface area (Å²) in [6, 6.07) is 13.0. The summed E-state index contributed by atoms with van der Waals surface area (Å²) in [5.74, 6) is 0.290. The van der Waals surface area contributed by atoms with E-state index in [1.807, 2.05) is 44.2 Å². The number of rotatable bonds is 6. The van der Waals surface area contributed by atoms with Crippen LogP contribution < -0.4 is 10.6 Å². The molecule has 3 aromatic rings. The lowest BCUT2D eigenvalue weighted by atomic mass is 10.1. The van der Waals surface area contributed by atoms with Crippen LogP contribution in [0, 0.1) is 24.0 Å². The van der Waals surface area contributed by atoms with Crippen LogP contribution in [-0.2, 0) is 6.54 Å². The van der Waals surface area contributed by atoms with Crippen LogP contribution in [0.15, 0.2) is 48.8 Å². The Morgan fingerprint density at radius 1 is 1.07 bits per heavy atom. The molecule has 2 aromatic carbocycles. The van der Waals surface area contributed by atoms with Crippen molar-refractivity contribution in [1.29, 1.82) is 0 Å². The fourth-order valence-electron chi connectivity index (χ4n) is 2.64. The van der Waals surface area contributed by atoms with Gasteiger partial charge in [-0.3, -0.25) is 10.1 Å². The number of nitrogens with zero attached hydrogens (tertiary/aromatic N) is 3. The van der Waals surface area contributed by atoms with Crippen LogP contribution in [0.5, 0.6) is 0 Å². The molecule has 7 nitrogen and oxygen atoms in total. The van der Waals surface area contributed by atoms with Gasteiger partial charge in [-0.15, -0.1) is 0 Å². The van der Waals surface area contributed by atoms with Crippen molar-refractivity contribution in [2.24, 2.45) is 0 Å². The van der Waals surface area contributed by atoms with Crippen molar-refractivity contribution in [3.8, 4) is 0 Å². The van der Waals surface area contributed by atoms with Gasteiger partial charge < -0.3 is 10.6 Å². The zero-order valence-electron chi connectivity index (χ0n) is 14.9. The molecule has 1 aromatic heterocycles. The molecule has 0 atom stereocenters. The van der Waals surface area contributed by atoms with Crippen LogP contribution >= 0.6 is 11.6 Å². The first-order valence-electron chi connectivity index (χ1n) is 8.26. The van der Waals surface area contributed by atoms with Crippen LogP contribution in [0.3, 0.4) is 0 Å². The average molecular weight is 384 g/mol. The molecule has 0 bridgehead atoms. The van der Waals surface area contributed by atoms with E-state index in [0.717, 1.165) is 22.4 Å². The van der Waals surface area contributed by atoms with Crippen molar-refractivity contribution < 1.29 is 4.92 Å². The molecule has 0 amide bonds. The molecule has 0 fully saturated rings. The van der Waals surface area contributed by atoms with Gasteiger partial charge in [-0.1, -0.05) is 41.4 Å². The summed E-state index contributed by atoms with van der Waals surface area (Å²) in [4.78, 5) is 19.3. The molecule has 3 rings (SSSR count). The number of nitro groups is 1. The van der Waals surface area contributed by atoms with Crippen LogP contribution in [0.4, 0.5) is 23.0 Å². The molecule has 0 unspecified atom stereocenters. The molecule has 8 heteroatoms. The molecule has 0 spiro atoms. The highest BCUT2D eigenvalue weighted by Gasteiger charge is 2.23. The van der Waals surface area contributed by atoms with E-state index >= 15 is 0 Å². The lowest BCUT2D eigenvalue weighted by Crippen LogP contribution is -2.08. The van der Waals surface area contributed by atoms with Gasteiger partial charge in [0.15, 0.2) is 0 Å². The minimum absolute atomic E-state index is 0.139. The third kappa shape index (κ3) is 4.51. The van der Waals surface area contributed by atoms with Gasteiger partial charge in [0.05, 0.1) is 4.92 Å². The lowest BCUT2D eigenvalue weighted by Gasteiger charge is -2.12. The van der Waals surface area contributed by atoms with Crippen LogP contribution in [0.1, 0.15) is 16.7 Å². The van der Waals surface area contributed by atoms with Crippen molar-refractivity contribution in [2.45, 2.75) is 20.4 Å². The first-order chi connectivity index (χ1) is 12.9. The highest BCUT2D eigenvalue weighted by atomic mass is 35.5. The van der Waals surface area contributed by atoms with E-state index in [0.29, 0.717) is 11.6 Å². The molecule has 0 saturated heterocycles. The minimum atomic E-state index is -0.490. The molecule has 2 N–H and O–H groups in total. The van der Waals surface area contributed by atoms with Crippen LogP contribution in [0.25, 0.3) is 0 Å². The van der Waals surface area contributed by atoms with Crippen molar-refractivity contribution in [2.75, 3.05) is 10.6 Å². The first-order valence-corrected chi connectivity index (χ1v) is 8.64. The number of hydrogen-bond donors (Lipinski definition) is 2. The monoisotopic (exact) mass is 383 g/mol. The summed E-state index contributed by atoms with van der Waals surface area (Å²) in [5.41, 5.74) is 3.56. The SMILES string of the molecule is Cc1ccc(Nc2ncnc(NCc3ccc(Cl)cc3)c2[N+](=O)[O-])c(C)c1. The summed E-state index contributed by atoms with van der Waals surface area (Å²) < 4.78 is 0. The average Bonchev–Trinajstić information content (AvgIpc) is 2.63. The van der Waals surface area contributed by atoms with E-state index in [2.05, 4.69) is 20.6 Å². The third-order valence-electron chi connectivity index (χ3n) is 4.01. The number of halogens is 1. The fraction of sp³-hybridized carbons (Fsp3) is 0.158. The molecular weight excluding hydrogens is 366 g/mol. The quantitative estimate of drug-likeness (QED) is 0.459. The maximum atomic E-state index is 11.7. The number of aromatic nitrogens is 2. The predicted molar refractivity (Wildman–Crippen MR) is 107 cm³/mol. The Balaban J connectivity index is 1.87. The highest BCUT2D eigenvalue weighted by Crippen LogP contribution is 2.32. The van der Waals surface area contributed by atoms with Gasteiger partial charge >= 0.3 is 5.69 Å². The van der Waals surface area contributed by atoms with Crippen molar-refractivity contribution >= 4 is 34.6 Å². The number of nitrogens with one attached hydrogen (secondary N) is 2. The summed E-state index contributed by atoms with van der Waals surface area (Å²) >= 11 is 5.88. The van der Waals surface area contributed by atoms with Crippen molar-refractivity contribution in [1.82, 2.24) is 9.97 Å². The Bertz CT molecular complexity index is 976. The van der Waals surface area contributed by atoms with Gasteiger partial charge in [0.1, 0.15) is 6.33 Å². The van der Waals surface area contributed by atoms with Crippen LogP contribution in [-0.4, -0.2) is 14.9 Å². The van der Waals surface area contributed by atoms with E-state index < -0.39 is 4.92 Å². The maximum Gasteiger partial charge on any atom is 0.353 e. The molecule has 0 saturated carbocycles. The Morgan fingerprint density at radius 3 is 2.44 bits per heavy atom. The zero-order valence-corrected chi connectivity index (χ0v) is 15.6. The van der Waals surface area contributed by atoms with E-state index in [-0.39, 0.29) is 17.3 Å². The smallest absolute Gasteiger partial charge is 0.353 e. The fourth-order valence-corrected chi connectivity index (χ4v) is 2.77. The molecular formula is C19H18ClN5O2. The Kier molecular flexibility index (Phi) is 5.52. The third-order valence-corrected chi connectivity index (χ3v) is 4.27. The van der Waals surface area contributed by atoms with Crippen LogP contribution in [0.2, 0.25) is 5.02 Å². The molecule has 1 heterocycles. The van der Waals surface area contributed by atoms with E-state index in [4.69, 9.17) is 11.6 Å². The Hall–Kier alpha value is -3.19. The zero-order chi connectivity index (χ0) is 19.4. The highest BCUT2D eigenvalue weighted by molar-refractivity contribution is 6.30. The predicted octanol–water partition coefficient (Wildman–Crippen LogP) is 5.01. The number of hydrogen-bond acceptors (Lipinski definition) is 6. The first kappa shape index (κ1) is 18.6. The molecule has 0 aliphatic rings. The maximum absolute atomic E-state index is 11.7. The normalized spacial score (nSPS) is 10.5. The second kappa shape index (κ2) is 8.01. The van der Waals surface area contributed by atoms with E-state index in [9.17, 15) is 10.1 Å². The van der Waals surface area contributed by atoms with E-state index in [1.54, 1.807) is 12.1 Å². The number of benzene rings is 2. The van der Waals surface area contributed by atoms with Gasteiger partial charge in [0.25, 0.3) is 0 Å². The molecule has 0 radical (unpaired) electrons. The van der Waals surface area contributed by atoms with Gasteiger partial charge in [0, 0.05) is 17.3 Å². The standard InChI is InChI=1S/C19H18ClN5O2/c1-12-3-8-16(13(2)9-12)24-19-17(25(26)27)18(22-11-23-19)21-10-14-4-6-15(20)7-5-14/h3-9,11H,10H2,1-2H3,(H2,21,22,23,24).